The number of carbonyl (C=O) groups is 1. The van der Waals surface area contributed by atoms with E-state index < -0.39 is 5.54 Å². The van der Waals surface area contributed by atoms with Gasteiger partial charge >= 0.3 is 0 Å². The highest BCUT2D eigenvalue weighted by atomic mass is 32.1. The zero-order valence-electron chi connectivity index (χ0n) is 12.9. The predicted octanol–water partition coefficient (Wildman–Crippen LogP) is 1.51. The van der Waals surface area contributed by atoms with E-state index in [0.717, 1.165) is 35.4 Å². The Labute approximate surface area is 133 Å². The topological polar surface area (TPSA) is 84.1 Å². The molecule has 7 heteroatoms. The molecule has 0 aliphatic carbocycles. The summed E-state index contributed by atoms with van der Waals surface area (Å²) in [5, 5.41) is 5.98. The van der Waals surface area contributed by atoms with Crippen molar-refractivity contribution in [2.75, 3.05) is 18.0 Å². The predicted molar refractivity (Wildman–Crippen MR) is 89.1 cm³/mol. The van der Waals surface area contributed by atoms with E-state index in [1.807, 2.05) is 25.3 Å². The average Bonchev–Trinajstić information content (AvgIpc) is 3.11. The van der Waals surface area contributed by atoms with Gasteiger partial charge in [-0.25, -0.2) is 9.97 Å². The minimum Gasteiger partial charge on any atom is -0.352 e. The smallest absolute Gasteiger partial charge is 0.242 e. The molecular weight excluding hydrogens is 298 g/mol. The van der Waals surface area contributed by atoms with Gasteiger partial charge in [0.2, 0.25) is 5.91 Å². The third-order valence-corrected chi connectivity index (χ3v) is 4.61. The zero-order valence-corrected chi connectivity index (χ0v) is 13.7. The van der Waals surface area contributed by atoms with Crippen molar-refractivity contribution in [1.82, 2.24) is 15.3 Å². The number of nitrogens with one attached hydrogen (secondary N) is 1. The summed E-state index contributed by atoms with van der Waals surface area (Å²) in [6, 6.07) is 1.84. The molecule has 22 heavy (non-hydrogen) atoms. The van der Waals surface area contributed by atoms with Crippen molar-refractivity contribution < 1.29 is 4.79 Å². The van der Waals surface area contributed by atoms with Crippen LogP contribution in [0.2, 0.25) is 0 Å². The quantitative estimate of drug-likeness (QED) is 0.892. The lowest BCUT2D eigenvalue weighted by molar-refractivity contribution is -0.122. The summed E-state index contributed by atoms with van der Waals surface area (Å²) in [7, 11) is 0. The van der Waals surface area contributed by atoms with Crippen LogP contribution in [0.3, 0.4) is 0 Å². The third-order valence-electron chi connectivity index (χ3n) is 3.79. The van der Waals surface area contributed by atoms with Crippen LogP contribution in [0.4, 0.5) is 5.82 Å². The molecule has 0 bridgehead atoms. The molecule has 1 amide bonds. The van der Waals surface area contributed by atoms with Crippen molar-refractivity contribution in [1.29, 1.82) is 0 Å². The lowest BCUT2D eigenvalue weighted by Crippen LogP contribution is -2.50. The van der Waals surface area contributed by atoms with Crippen molar-refractivity contribution in [2.45, 2.75) is 38.3 Å². The van der Waals surface area contributed by atoms with Gasteiger partial charge in [-0.1, -0.05) is 0 Å². The van der Waals surface area contributed by atoms with Crippen molar-refractivity contribution in [3.63, 3.8) is 0 Å². The van der Waals surface area contributed by atoms with Crippen molar-refractivity contribution in [3.8, 4) is 0 Å². The molecule has 3 N–H and O–H groups in total. The van der Waals surface area contributed by atoms with Gasteiger partial charge in [0.25, 0.3) is 0 Å². The zero-order chi connectivity index (χ0) is 15.7. The number of anilines is 1. The molecule has 3 rings (SSSR count). The SMILES string of the molecule is CC(C)(N)CNC(=O)C1CCCN1c1ncnc2sccc12. The van der Waals surface area contributed by atoms with Gasteiger partial charge in [-0.05, 0) is 38.1 Å². The van der Waals surface area contributed by atoms with E-state index in [0.29, 0.717) is 6.54 Å². The fourth-order valence-electron chi connectivity index (χ4n) is 2.73. The Balaban J connectivity index is 1.81. The van der Waals surface area contributed by atoms with Crippen LogP contribution in [0.25, 0.3) is 10.2 Å². The van der Waals surface area contributed by atoms with Crippen LogP contribution in [0.15, 0.2) is 17.8 Å². The Morgan fingerprint density at radius 3 is 3.14 bits per heavy atom. The second-order valence-corrected chi connectivity index (χ2v) is 7.29. The van der Waals surface area contributed by atoms with Gasteiger partial charge in [-0.2, -0.15) is 0 Å². The lowest BCUT2D eigenvalue weighted by atomic mass is 10.1. The van der Waals surface area contributed by atoms with Gasteiger partial charge in [0.1, 0.15) is 23.0 Å². The fraction of sp³-hybridized carbons (Fsp3) is 0.533. The summed E-state index contributed by atoms with van der Waals surface area (Å²) in [6.07, 6.45) is 3.40. The monoisotopic (exact) mass is 319 g/mol. The summed E-state index contributed by atoms with van der Waals surface area (Å²) in [5.74, 6) is 0.883. The Morgan fingerprint density at radius 2 is 2.36 bits per heavy atom. The molecule has 0 spiro atoms. The van der Waals surface area contributed by atoms with E-state index >= 15 is 0 Å². The molecule has 0 radical (unpaired) electrons. The first-order chi connectivity index (χ1) is 10.5. The Morgan fingerprint density at radius 1 is 1.55 bits per heavy atom. The van der Waals surface area contributed by atoms with E-state index in [9.17, 15) is 4.79 Å². The maximum Gasteiger partial charge on any atom is 0.242 e. The summed E-state index contributed by atoms with van der Waals surface area (Å²) in [4.78, 5) is 24.2. The number of hydrogen-bond donors (Lipinski definition) is 2. The molecule has 1 aliphatic rings. The first kappa shape index (κ1) is 15.2. The molecule has 2 aromatic heterocycles. The van der Waals surface area contributed by atoms with Crippen LogP contribution in [0.1, 0.15) is 26.7 Å². The number of nitrogens with zero attached hydrogens (tertiary/aromatic N) is 3. The third kappa shape index (κ3) is 3.05. The van der Waals surface area contributed by atoms with Crippen molar-refractivity contribution in [2.24, 2.45) is 5.73 Å². The van der Waals surface area contributed by atoms with Gasteiger partial charge < -0.3 is 16.0 Å². The second kappa shape index (κ2) is 5.81. The number of aromatic nitrogens is 2. The van der Waals surface area contributed by atoms with Crippen LogP contribution < -0.4 is 16.0 Å². The molecular formula is C15H21N5OS. The molecule has 1 saturated heterocycles. The molecule has 6 nitrogen and oxygen atoms in total. The molecule has 2 aromatic rings. The highest BCUT2D eigenvalue weighted by Crippen LogP contribution is 2.31. The molecule has 3 heterocycles. The molecule has 0 saturated carbocycles. The highest BCUT2D eigenvalue weighted by molar-refractivity contribution is 7.16. The Hall–Kier alpha value is -1.73. The number of rotatable bonds is 4. The number of fused-ring (bicyclic) bond motifs is 1. The minimum atomic E-state index is -0.408. The number of amides is 1. The summed E-state index contributed by atoms with van der Waals surface area (Å²) in [6.45, 7) is 5.11. The molecule has 1 aliphatic heterocycles. The molecule has 1 atom stereocenters. The standard InChI is InChI=1S/C15H21N5OS/c1-15(2,16)8-17-13(21)11-4-3-6-20(11)12-10-5-7-22-14(10)19-9-18-12/h5,7,9,11H,3-4,6,8,16H2,1-2H3,(H,17,21). The van der Waals surface area contributed by atoms with E-state index in [2.05, 4.69) is 20.2 Å². The first-order valence-corrected chi connectivity index (χ1v) is 8.35. The maximum atomic E-state index is 12.5. The minimum absolute atomic E-state index is 0.0259. The molecule has 118 valence electrons. The summed E-state index contributed by atoms with van der Waals surface area (Å²) in [5.41, 5.74) is 5.53. The van der Waals surface area contributed by atoms with Gasteiger partial charge in [-0.15, -0.1) is 11.3 Å². The molecule has 1 fully saturated rings. The Kier molecular flexibility index (Phi) is 4.01. The first-order valence-electron chi connectivity index (χ1n) is 7.47. The van der Waals surface area contributed by atoms with Crippen LogP contribution in [0.5, 0.6) is 0 Å². The number of nitrogens with two attached hydrogens (primary N) is 1. The van der Waals surface area contributed by atoms with Crippen molar-refractivity contribution in [3.05, 3.63) is 17.8 Å². The van der Waals surface area contributed by atoms with Gasteiger partial charge in [0.15, 0.2) is 0 Å². The normalized spacial score (nSPS) is 18.9. The van der Waals surface area contributed by atoms with Crippen LogP contribution in [-0.2, 0) is 4.79 Å². The van der Waals surface area contributed by atoms with Crippen LogP contribution in [-0.4, -0.2) is 40.5 Å². The highest BCUT2D eigenvalue weighted by Gasteiger charge is 2.33. The van der Waals surface area contributed by atoms with Crippen LogP contribution in [0, 0.1) is 0 Å². The molecule has 0 aromatic carbocycles. The average molecular weight is 319 g/mol. The Bertz CT molecular complexity index is 678. The number of carbonyl (C=O) groups excluding carboxylic acids is 1. The summed E-state index contributed by atoms with van der Waals surface area (Å²) < 4.78 is 0. The number of thiophene rings is 1. The van der Waals surface area contributed by atoms with Crippen molar-refractivity contribution >= 4 is 33.3 Å². The van der Waals surface area contributed by atoms with Gasteiger partial charge in [0, 0.05) is 18.6 Å². The summed E-state index contributed by atoms with van der Waals surface area (Å²) >= 11 is 1.59. The van der Waals surface area contributed by atoms with E-state index in [-0.39, 0.29) is 11.9 Å². The lowest BCUT2D eigenvalue weighted by Gasteiger charge is -2.27. The van der Waals surface area contributed by atoms with Crippen LogP contribution >= 0.6 is 11.3 Å². The van der Waals surface area contributed by atoms with Gasteiger partial charge in [-0.3, -0.25) is 4.79 Å². The second-order valence-electron chi connectivity index (χ2n) is 6.39. The fourth-order valence-corrected chi connectivity index (χ4v) is 3.46. The van der Waals surface area contributed by atoms with E-state index in [1.54, 1.807) is 17.7 Å². The maximum absolute atomic E-state index is 12.5. The van der Waals surface area contributed by atoms with Gasteiger partial charge in [0.05, 0.1) is 5.39 Å². The molecule has 1 unspecified atom stereocenters. The largest absolute Gasteiger partial charge is 0.352 e. The van der Waals surface area contributed by atoms with E-state index in [4.69, 9.17) is 5.73 Å². The number of hydrogen-bond acceptors (Lipinski definition) is 6. The van der Waals surface area contributed by atoms with E-state index in [1.165, 1.54) is 0 Å².